The summed E-state index contributed by atoms with van der Waals surface area (Å²) < 4.78 is 47.9. The third kappa shape index (κ3) is 2.14. The molecule has 0 radical (unpaired) electrons. The van der Waals surface area contributed by atoms with Crippen molar-refractivity contribution < 1.29 is 22.0 Å². The van der Waals surface area contributed by atoms with Crippen molar-refractivity contribution in [1.29, 1.82) is 0 Å². The Balaban J connectivity index is 3.31. The molecular formula is C8H6F2O3S. The van der Waals surface area contributed by atoms with Gasteiger partial charge in [-0.05, 0) is 18.2 Å². The molecule has 0 saturated heterocycles. The maximum absolute atomic E-state index is 12.9. The second-order valence-corrected chi connectivity index (χ2v) is 4.53. The molecule has 0 spiro atoms. The minimum atomic E-state index is -4.05. The molecule has 0 N–H and O–H groups in total. The Morgan fingerprint density at radius 1 is 1.29 bits per heavy atom. The third-order valence-electron chi connectivity index (χ3n) is 1.52. The highest BCUT2D eigenvalue weighted by Gasteiger charge is 2.19. The first-order chi connectivity index (χ1) is 6.47. The lowest BCUT2D eigenvalue weighted by Gasteiger charge is -2.01. The van der Waals surface area contributed by atoms with Crippen molar-refractivity contribution in [1.82, 2.24) is 0 Å². The second kappa shape index (κ2) is 3.83. The molecule has 0 aliphatic heterocycles. The number of benzene rings is 1. The maximum atomic E-state index is 12.9. The SMILES string of the molecule is O=CCS(=O)(=O)c1cc(F)ccc1F. The summed E-state index contributed by atoms with van der Waals surface area (Å²) in [6, 6.07) is 2.05. The van der Waals surface area contributed by atoms with E-state index in [0.717, 1.165) is 6.07 Å². The van der Waals surface area contributed by atoms with Crippen LogP contribution in [0.3, 0.4) is 0 Å². The lowest BCUT2D eigenvalue weighted by molar-refractivity contribution is -0.105. The second-order valence-electron chi connectivity index (χ2n) is 2.52. The van der Waals surface area contributed by atoms with Crippen LogP contribution in [-0.2, 0) is 14.6 Å². The van der Waals surface area contributed by atoms with E-state index in [-0.39, 0.29) is 6.29 Å². The van der Waals surface area contributed by atoms with Gasteiger partial charge in [-0.3, -0.25) is 0 Å². The Hall–Kier alpha value is -1.30. The molecule has 0 amide bonds. The molecule has 1 aromatic rings. The van der Waals surface area contributed by atoms with Crippen LogP contribution in [0.15, 0.2) is 23.1 Å². The normalized spacial score (nSPS) is 11.3. The Labute approximate surface area is 79.3 Å². The zero-order valence-electron chi connectivity index (χ0n) is 6.91. The molecule has 76 valence electrons. The van der Waals surface area contributed by atoms with Gasteiger partial charge in [0.15, 0.2) is 9.84 Å². The first-order valence-electron chi connectivity index (χ1n) is 3.59. The standard InChI is InChI=1S/C8H6F2O3S/c9-6-1-2-7(10)8(5-6)14(12,13)4-3-11/h1-3,5H,4H2. The average molecular weight is 220 g/mol. The zero-order chi connectivity index (χ0) is 10.8. The van der Waals surface area contributed by atoms with E-state index in [0.29, 0.717) is 12.1 Å². The molecule has 0 saturated carbocycles. The van der Waals surface area contributed by atoms with Crippen molar-refractivity contribution in [3.63, 3.8) is 0 Å². The summed E-state index contributed by atoms with van der Waals surface area (Å²) in [6.45, 7) is 0. The monoisotopic (exact) mass is 220 g/mol. The summed E-state index contributed by atoms with van der Waals surface area (Å²) in [5, 5.41) is 0. The van der Waals surface area contributed by atoms with Crippen LogP contribution in [0, 0.1) is 11.6 Å². The molecule has 0 atom stereocenters. The fraction of sp³-hybridized carbons (Fsp3) is 0.125. The first kappa shape index (κ1) is 10.8. The van der Waals surface area contributed by atoms with Crippen LogP contribution < -0.4 is 0 Å². The molecule has 0 unspecified atom stereocenters. The Kier molecular flexibility index (Phi) is 2.95. The van der Waals surface area contributed by atoms with E-state index < -0.39 is 32.1 Å². The molecule has 0 aliphatic rings. The lowest BCUT2D eigenvalue weighted by Crippen LogP contribution is -2.10. The van der Waals surface area contributed by atoms with E-state index in [1.165, 1.54) is 0 Å². The van der Waals surface area contributed by atoms with Crippen LogP contribution in [0.4, 0.5) is 8.78 Å². The van der Waals surface area contributed by atoms with E-state index in [1.807, 2.05) is 0 Å². The molecule has 1 aromatic carbocycles. The van der Waals surface area contributed by atoms with Crippen molar-refractivity contribution in [2.45, 2.75) is 4.90 Å². The molecule has 1 rings (SSSR count). The summed E-state index contributed by atoms with van der Waals surface area (Å²) in [5.41, 5.74) is 0. The summed E-state index contributed by atoms with van der Waals surface area (Å²) >= 11 is 0. The Morgan fingerprint density at radius 3 is 2.50 bits per heavy atom. The predicted molar refractivity (Wildman–Crippen MR) is 44.5 cm³/mol. The zero-order valence-corrected chi connectivity index (χ0v) is 7.72. The number of sulfone groups is 1. The molecule has 6 heteroatoms. The number of rotatable bonds is 3. The number of hydrogen-bond acceptors (Lipinski definition) is 3. The average Bonchev–Trinajstić information content (AvgIpc) is 2.09. The van der Waals surface area contributed by atoms with Gasteiger partial charge in [-0.1, -0.05) is 0 Å². The van der Waals surface area contributed by atoms with Crippen LogP contribution >= 0.6 is 0 Å². The predicted octanol–water partition coefficient (Wildman–Crippen LogP) is 0.937. The smallest absolute Gasteiger partial charge is 0.188 e. The van der Waals surface area contributed by atoms with Gasteiger partial charge < -0.3 is 4.79 Å². The van der Waals surface area contributed by atoms with Crippen molar-refractivity contribution in [3.05, 3.63) is 29.8 Å². The van der Waals surface area contributed by atoms with Gasteiger partial charge in [0.25, 0.3) is 0 Å². The number of halogens is 2. The van der Waals surface area contributed by atoms with Crippen molar-refractivity contribution >= 4 is 16.1 Å². The molecule has 0 fully saturated rings. The van der Waals surface area contributed by atoms with Crippen molar-refractivity contribution in [2.75, 3.05) is 5.75 Å². The van der Waals surface area contributed by atoms with E-state index in [2.05, 4.69) is 0 Å². The molecular weight excluding hydrogens is 214 g/mol. The third-order valence-corrected chi connectivity index (χ3v) is 3.07. The molecule has 0 heterocycles. The van der Waals surface area contributed by atoms with Gasteiger partial charge in [0.05, 0.1) is 0 Å². The first-order valence-corrected chi connectivity index (χ1v) is 5.24. The minimum absolute atomic E-state index is 0.125. The number of hydrogen-bond donors (Lipinski definition) is 0. The van der Waals surface area contributed by atoms with Gasteiger partial charge in [0.1, 0.15) is 28.6 Å². The van der Waals surface area contributed by atoms with Crippen LogP contribution in [0.1, 0.15) is 0 Å². The fourth-order valence-corrected chi connectivity index (χ4v) is 1.91. The van der Waals surface area contributed by atoms with Gasteiger partial charge in [-0.15, -0.1) is 0 Å². The highest BCUT2D eigenvalue weighted by atomic mass is 32.2. The quantitative estimate of drug-likeness (QED) is 0.712. The van der Waals surface area contributed by atoms with Gasteiger partial charge >= 0.3 is 0 Å². The van der Waals surface area contributed by atoms with Gasteiger partial charge in [-0.25, -0.2) is 17.2 Å². The van der Waals surface area contributed by atoms with Crippen LogP contribution in [0.25, 0.3) is 0 Å². The van der Waals surface area contributed by atoms with Crippen LogP contribution in [0.2, 0.25) is 0 Å². The fourth-order valence-electron chi connectivity index (χ4n) is 0.895. The Morgan fingerprint density at radius 2 is 1.93 bits per heavy atom. The maximum Gasteiger partial charge on any atom is 0.188 e. The largest absolute Gasteiger partial charge is 0.302 e. The Bertz CT molecular complexity index is 454. The van der Waals surface area contributed by atoms with Crippen molar-refractivity contribution in [3.8, 4) is 0 Å². The molecule has 3 nitrogen and oxygen atoms in total. The number of carbonyl (C=O) groups is 1. The van der Waals surface area contributed by atoms with Gasteiger partial charge in [0.2, 0.25) is 0 Å². The number of carbonyl (C=O) groups excluding carboxylic acids is 1. The van der Waals surface area contributed by atoms with Crippen LogP contribution in [0.5, 0.6) is 0 Å². The highest BCUT2D eigenvalue weighted by molar-refractivity contribution is 7.92. The molecule has 14 heavy (non-hydrogen) atoms. The summed E-state index contributed by atoms with van der Waals surface area (Å²) in [6.07, 6.45) is 0.125. The topological polar surface area (TPSA) is 51.2 Å². The number of aldehydes is 1. The van der Waals surface area contributed by atoms with E-state index in [4.69, 9.17) is 0 Å². The summed E-state index contributed by atoms with van der Waals surface area (Å²) in [5.74, 6) is -2.78. The molecule has 0 aliphatic carbocycles. The van der Waals surface area contributed by atoms with E-state index in [1.54, 1.807) is 0 Å². The van der Waals surface area contributed by atoms with Gasteiger partial charge in [-0.2, -0.15) is 0 Å². The van der Waals surface area contributed by atoms with Gasteiger partial charge in [0, 0.05) is 0 Å². The summed E-state index contributed by atoms with van der Waals surface area (Å²) in [4.78, 5) is 9.21. The van der Waals surface area contributed by atoms with Crippen molar-refractivity contribution in [2.24, 2.45) is 0 Å². The summed E-state index contributed by atoms with van der Waals surface area (Å²) in [7, 11) is -4.05. The van der Waals surface area contributed by atoms with E-state index in [9.17, 15) is 22.0 Å². The highest BCUT2D eigenvalue weighted by Crippen LogP contribution is 2.16. The van der Waals surface area contributed by atoms with Crippen LogP contribution in [-0.4, -0.2) is 20.5 Å². The molecule has 0 bridgehead atoms. The van der Waals surface area contributed by atoms with E-state index >= 15 is 0 Å². The molecule has 0 aromatic heterocycles. The lowest BCUT2D eigenvalue weighted by atomic mass is 10.3. The minimum Gasteiger partial charge on any atom is -0.302 e.